The smallest absolute Gasteiger partial charge is 0.0102 e. The molecule has 1 nitrogen and oxygen atoms in total. The van der Waals surface area contributed by atoms with Gasteiger partial charge in [0.2, 0.25) is 0 Å². The van der Waals surface area contributed by atoms with E-state index in [1.54, 1.807) is 0 Å². The average Bonchev–Trinajstić information content (AvgIpc) is 2.27. The van der Waals surface area contributed by atoms with Gasteiger partial charge in [0.25, 0.3) is 0 Å². The number of aryl methyl sites for hydroxylation is 1. The first-order valence-electron chi connectivity index (χ1n) is 5.45. The van der Waals surface area contributed by atoms with Gasteiger partial charge in [-0.3, -0.25) is 0 Å². The molecule has 0 amide bonds. The minimum Gasteiger partial charge on any atom is -0.317 e. The third-order valence-electron chi connectivity index (χ3n) is 3.12. The van der Waals surface area contributed by atoms with Crippen molar-refractivity contribution in [3.8, 4) is 0 Å². The Labute approximate surface area is 87.5 Å². The number of benzene rings is 1. The van der Waals surface area contributed by atoms with Crippen LogP contribution in [0.3, 0.4) is 0 Å². The van der Waals surface area contributed by atoms with E-state index in [1.165, 1.54) is 11.1 Å². The van der Waals surface area contributed by atoms with E-state index in [-0.39, 0.29) is 0 Å². The van der Waals surface area contributed by atoms with Crippen LogP contribution in [-0.4, -0.2) is 13.1 Å². The molecule has 1 aromatic rings. The zero-order chi connectivity index (χ0) is 10.6. The molecule has 1 heteroatoms. The number of hydrogen-bond donors (Lipinski definition) is 1. The predicted octanol–water partition coefficient (Wildman–Crippen LogP) is 2.96. The lowest BCUT2D eigenvalue weighted by Crippen LogP contribution is -2.27. The van der Waals surface area contributed by atoms with E-state index < -0.39 is 0 Å². The Bertz CT molecular complexity index is 263. The summed E-state index contributed by atoms with van der Waals surface area (Å²) in [7, 11) is 2.02. The SMILES string of the molecule is CCc1ccc(C(C)C(C)NC)cc1. The van der Waals surface area contributed by atoms with Crippen LogP contribution < -0.4 is 5.32 Å². The van der Waals surface area contributed by atoms with Crippen LogP contribution in [0.4, 0.5) is 0 Å². The number of rotatable bonds is 4. The molecular weight excluding hydrogens is 170 g/mol. The predicted molar refractivity (Wildman–Crippen MR) is 62.8 cm³/mol. The minimum absolute atomic E-state index is 0.530. The van der Waals surface area contributed by atoms with Crippen LogP contribution in [0.15, 0.2) is 24.3 Å². The summed E-state index contributed by atoms with van der Waals surface area (Å²) in [6.45, 7) is 6.68. The molecule has 0 spiro atoms. The fraction of sp³-hybridized carbons (Fsp3) is 0.538. The molecule has 0 bridgehead atoms. The van der Waals surface area contributed by atoms with Crippen molar-refractivity contribution in [2.75, 3.05) is 7.05 Å². The van der Waals surface area contributed by atoms with Gasteiger partial charge in [0.15, 0.2) is 0 Å². The van der Waals surface area contributed by atoms with Gasteiger partial charge in [-0.2, -0.15) is 0 Å². The summed E-state index contributed by atoms with van der Waals surface area (Å²) in [5, 5.41) is 3.29. The molecule has 1 rings (SSSR count). The molecule has 0 aliphatic heterocycles. The van der Waals surface area contributed by atoms with E-state index in [1.807, 2.05) is 7.05 Å². The molecular formula is C13H21N. The van der Waals surface area contributed by atoms with Crippen LogP contribution in [0.2, 0.25) is 0 Å². The Morgan fingerprint density at radius 1 is 1.14 bits per heavy atom. The molecule has 0 aliphatic rings. The first-order chi connectivity index (χ1) is 6.69. The van der Waals surface area contributed by atoms with Gasteiger partial charge in [0, 0.05) is 6.04 Å². The molecule has 0 aliphatic carbocycles. The molecule has 0 heterocycles. The van der Waals surface area contributed by atoms with Gasteiger partial charge >= 0.3 is 0 Å². The van der Waals surface area contributed by atoms with Crippen molar-refractivity contribution < 1.29 is 0 Å². The largest absolute Gasteiger partial charge is 0.317 e. The summed E-state index contributed by atoms with van der Waals surface area (Å²) in [5.74, 6) is 0.575. The molecule has 0 aromatic heterocycles. The topological polar surface area (TPSA) is 12.0 Å². The lowest BCUT2D eigenvalue weighted by molar-refractivity contribution is 0.524. The Morgan fingerprint density at radius 3 is 2.14 bits per heavy atom. The van der Waals surface area contributed by atoms with Gasteiger partial charge in [-0.05, 0) is 37.4 Å². The highest BCUT2D eigenvalue weighted by molar-refractivity contribution is 5.25. The number of likely N-dealkylation sites (N-methyl/N-ethyl adjacent to an activating group) is 1. The number of hydrogen-bond acceptors (Lipinski definition) is 1. The van der Waals surface area contributed by atoms with Gasteiger partial charge in [0.1, 0.15) is 0 Å². The zero-order valence-electron chi connectivity index (χ0n) is 9.67. The second-order valence-electron chi connectivity index (χ2n) is 3.96. The molecule has 2 unspecified atom stereocenters. The van der Waals surface area contributed by atoms with E-state index >= 15 is 0 Å². The Morgan fingerprint density at radius 2 is 1.71 bits per heavy atom. The Balaban J connectivity index is 2.75. The highest BCUT2D eigenvalue weighted by Gasteiger charge is 2.11. The Kier molecular flexibility index (Phi) is 4.15. The number of nitrogens with one attached hydrogen (secondary N) is 1. The van der Waals surface area contributed by atoms with Crippen LogP contribution >= 0.6 is 0 Å². The zero-order valence-corrected chi connectivity index (χ0v) is 9.67. The van der Waals surface area contributed by atoms with E-state index in [0.29, 0.717) is 12.0 Å². The molecule has 0 saturated heterocycles. The van der Waals surface area contributed by atoms with Crippen molar-refractivity contribution in [2.45, 2.75) is 39.2 Å². The molecule has 1 N–H and O–H groups in total. The molecule has 0 fully saturated rings. The normalized spacial score (nSPS) is 15.1. The van der Waals surface area contributed by atoms with E-state index in [0.717, 1.165) is 6.42 Å². The second-order valence-corrected chi connectivity index (χ2v) is 3.96. The van der Waals surface area contributed by atoms with Crippen molar-refractivity contribution in [1.29, 1.82) is 0 Å². The maximum Gasteiger partial charge on any atom is 0.0102 e. The van der Waals surface area contributed by atoms with Crippen LogP contribution in [0.5, 0.6) is 0 Å². The standard InChI is InChI=1S/C13H21N/c1-5-12-6-8-13(9-7-12)10(2)11(3)14-4/h6-11,14H,5H2,1-4H3. The van der Waals surface area contributed by atoms with Crippen molar-refractivity contribution in [1.82, 2.24) is 5.32 Å². The van der Waals surface area contributed by atoms with Gasteiger partial charge in [-0.1, -0.05) is 38.1 Å². The molecule has 0 radical (unpaired) electrons. The highest BCUT2D eigenvalue weighted by atomic mass is 14.9. The van der Waals surface area contributed by atoms with Crippen molar-refractivity contribution in [2.24, 2.45) is 0 Å². The van der Waals surface area contributed by atoms with E-state index in [4.69, 9.17) is 0 Å². The summed E-state index contributed by atoms with van der Waals surface area (Å²) in [5.41, 5.74) is 2.84. The molecule has 2 atom stereocenters. The van der Waals surface area contributed by atoms with Crippen LogP contribution in [0.25, 0.3) is 0 Å². The van der Waals surface area contributed by atoms with Crippen molar-refractivity contribution in [3.63, 3.8) is 0 Å². The van der Waals surface area contributed by atoms with Crippen LogP contribution in [0, 0.1) is 0 Å². The summed E-state index contributed by atoms with van der Waals surface area (Å²) in [6, 6.07) is 9.49. The van der Waals surface area contributed by atoms with E-state index in [2.05, 4.69) is 50.4 Å². The third kappa shape index (κ3) is 2.58. The summed E-state index contributed by atoms with van der Waals surface area (Å²) in [4.78, 5) is 0. The fourth-order valence-electron chi connectivity index (χ4n) is 1.60. The van der Waals surface area contributed by atoms with E-state index in [9.17, 15) is 0 Å². The first kappa shape index (κ1) is 11.3. The second kappa shape index (κ2) is 5.16. The van der Waals surface area contributed by atoms with Crippen LogP contribution in [-0.2, 0) is 6.42 Å². The monoisotopic (exact) mass is 191 g/mol. The van der Waals surface area contributed by atoms with Crippen LogP contribution in [0.1, 0.15) is 37.8 Å². The third-order valence-corrected chi connectivity index (χ3v) is 3.12. The Hall–Kier alpha value is -0.820. The highest BCUT2D eigenvalue weighted by Crippen LogP contribution is 2.19. The first-order valence-corrected chi connectivity index (χ1v) is 5.45. The van der Waals surface area contributed by atoms with Crippen molar-refractivity contribution in [3.05, 3.63) is 35.4 Å². The molecule has 14 heavy (non-hydrogen) atoms. The maximum atomic E-state index is 3.29. The molecule has 78 valence electrons. The van der Waals surface area contributed by atoms with Gasteiger partial charge in [-0.25, -0.2) is 0 Å². The summed E-state index contributed by atoms with van der Waals surface area (Å²) < 4.78 is 0. The summed E-state index contributed by atoms with van der Waals surface area (Å²) >= 11 is 0. The average molecular weight is 191 g/mol. The molecule has 0 saturated carbocycles. The van der Waals surface area contributed by atoms with Gasteiger partial charge in [0.05, 0.1) is 0 Å². The lowest BCUT2D eigenvalue weighted by Gasteiger charge is -2.19. The fourth-order valence-corrected chi connectivity index (χ4v) is 1.60. The minimum atomic E-state index is 0.530. The lowest BCUT2D eigenvalue weighted by atomic mass is 9.93. The van der Waals surface area contributed by atoms with Gasteiger partial charge in [-0.15, -0.1) is 0 Å². The summed E-state index contributed by atoms with van der Waals surface area (Å²) in [6.07, 6.45) is 1.12. The quantitative estimate of drug-likeness (QED) is 0.771. The maximum absolute atomic E-state index is 3.29. The van der Waals surface area contributed by atoms with Gasteiger partial charge < -0.3 is 5.32 Å². The molecule has 1 aromatic carbocycles. The van der Waals surface area contributed by atoms with Crippen molar-refractivity contribution >= 4 is 0 Å².